The number of ether oxygens (including phenoxy) is 1. The maximum absolute atomic E-state index is 14.1. The zero-order valence-electron chi connectivity index (χ0n) is 21.6. The molecule has 2 aliphatic heterocycles. The van der Waals surface area contributed by atoms with Gasteiger partial charge in [0.15, 0.2) is 11.4 Å². The van der Waals surface area contributed by atoms with E-state index in [1.807, 2.05) is 35.2 Å². The van der Waals surface area contributed by atoms with Gasteiger partial charge in [0, 0.05) is 43.0 Å². The maximum Gasteiger partial charge on any atom is 0.275 e. The molecular formula is C30H26F3N3O4. The van der Waals surface area contributed by atoms with Gasteiger partial charge in [-0.05, 0) is 35.7 Å². The highest BCUT2D eigenvalue weighted by Crippen LogP contribution is 2.67. The molecule has 2 bridgehead atoms. The van der Waals surface area contributed by atoms with Gasteiger partial charge in [-0.25, -0.2) is 13.2 Å². The maximum atomic E-state index is 14.1. The molecule has 2 saturated carbocycles. The molecule has 7 rings (SSSR count). The molecule has 1 saturated heterocycles. The summed E-state index contributed by atoms with van der Waals surface area (Å²) < 4.78 is 49.2. The molecule has 206 valence electrons. The van der Waals surface area contributed by atoms with Crippen LogP contribution in [-0.2, 0) is 19.7 Å². The summed E-state index contributed by atoms with van der Waals surface area (Å²) in [6.07, 6.45) is 2.28. The third-order valence-corrected chi connectivity index (χ3v) is 9.24. The Hall–Kier alpha value is -4.08. The van der Waals surface area contributed by atoms with E-state index in [9.17, 15) is 27.6 Å². The number of halogens is 3. The van der Waals surface area contributed by atoms with Gasteiger partial charge < -0.3 is 19.5 Å². The zero-order chi connectivity index (χ0) is 27.9. The molecule has 4 aliphatic rings. The van der Waals surface area contributed by atoms with Crippen molar-refractivity contribution in [3.8, 4) is 5.75 Å². The Balaban J connectivity index is 1.24. The van der Waals surface area contributed by atoms with Crippen LogP contribution in [0.15, 0.2) is 53.5 Å². The second kappa shape index (κ2) is 8.97. The second-order valence-electron chi connectivity index (χ2n) is 11.3. The number of fused-ring (bicyclic) bond motifs is 9. The van der Waals surface area contributed by atoms with Crippen LogP contribution in [0.3, 0.4) is 0 Å². The smallest absolute Gasteiger partial charge is 0.275 e. The fourth-order valence-corrected chi connectivity index (χ4v) is 7.45. The van der Waals surface area contributed by atoms with E-state index in [0.29, 0.717) is 42.3 Å². The first-order chi connectivity index (χ1) is 19.2. The van der Waals surface area contributed by atoms with E-state index in [4.69, 9.17) is 4.74 Å². The van der Waals surface area contributed by atoms with Crippen LogP contribution in [0, 0.1) is 41.1 Å². The lowest BCUT2D eigenvalue weighted by Gasteiger charge is -2.40. The molecule has 3 fully saturated rings. The van der Waals surface area contributed by atoms with Crippen LogP contribution in [-0.4, -0.2) is 33.4 Å². The lowest BCUT2D eigenvalue weighted by molar-refractivity contribution is 0.0462. The van der Waals surface area contributed by atoms with Crippen molar-refractivity contribution in [2.24, 2.45) is 23.7 Å². The number of hydrogen-bond acceptors (Lipinski definition) is 4. The number of amides is 2. The van der Waals surface area contributed by atoms with E-state index in [1.165, 1.54) is 6.20 Å². The Labute approximate surface area is 227 Å². The Kier molecular flexibility index (Phi) is 5.59. The van der Waals surface area contributed by atoms with E-state index in [-0.39, 0.29) is 41.6 Å². The number of carbonyl (C=O) groups excluding carboxylic acids is 2. The number of aromatic nitrogens is 1. The Morgan fingerprint density at radius 3 is 2.50 bits per heavy atom. The Bertz CT molecular complexity index is 1600. The van der Waals surface area contributed by atoms with Gasteiger partial charge in [-0.1, -0.05) is 37.3 Å². The number of nitrogens with one attached hydrogen (secondary N) is 1. The third-order valence-electron chi connectivity index (χ3n) is 9.24. The van der Waals surface area contributed by atoms with Gasteiger partial charge in [0.1, 0.15) is 29.6 Å². The van der Waals surface area contributed by atoms with Crippen molar-refractivity contribution in [2.45, 2.75) is 45.1 Å². The van der Waals surface area contributed by atoms with Crippen molar-refractivity contribution < 1.29 is 27.5 Å². The molecule has 6 atom stereocenters. The van der Waals surface area contributed by atoms with Gasteiger partial charge in [0.2, 0.25) is 5.43 Å². The number of piperidine rings is 1. The molecule has 2 aromatic carbocycles. The number of nitrogens with zero attached hydrogens (tertiary/aromatic N) is 2. The van der Waals surface area contributed by atoms with Gasteiger partial charge in [-0.3, -0.25) is 14.4 Å². The minimum absolute atomic E-state index is 0.00461. The fraction of sp³-hybridized carbons (Fsp3) is 0.367. The largest absolute Gasteiger partial charge is 0.483 e. The quantitative estimate of drug-likeness (QED) is 0.506. The van der Waals surface area contributed by atoms with Crippen molar-refractivity contribution >= 4 is 11.8 Å². The number of benzene rings is 2. The van der Waals surface area contributed by atoms with Crippen LogP contribution >= 0.6 is 0 Å². The molecule has 2 aliphatic carbocycles. The summed E-state index contributed by atoms with van der Waals surface area (Å²) in [6.45, 7) is 2.04. The topological polar surface area (TPSA) is 80.6 Å². The molecule has 10 heteroatoms. The first kappa shape index (κ1) is 24.9. The standard InChI is InChI=1S/C30H26F3N3O4/c1-14-24-17-9-22(25(14)24)36-23(17)12-35-11-19(29(38)34-10-18-20(32)7-16(31)8-21(18)33)27(37)28(26(35)30(36)39)40-13-15-5-3-2-4-6-15/h2-8,11,14,17,22-25H,9-10,12-13H2,1H3,(H,34,38)/t14-,17?,22?,23-,24-,25+/m0/s1. The van der Waals surface area contributed by atoms with E-state index in [0.717, 1.165) is 12.0 Å². The van der Waals surface area contributed by atoms with Crippen LogP contribution < -0.4 is 15.5 Å². The summed E-state index contributed by atoms with van der Waals surface area (Å²) in [5, 5.41) is 2.36. The SMILES string of the molecule is C[C@H]1[C@H]2C3CC([C@@H]12)N1C(=O)c2c(OCc4ccccc4)c(=O)c(C(=O)NCc4c(F)cc(F)cc4F)cn2C[C@@H]31. The monoisotopic (exact) mass is 549 g/mol. The molecule has 3 heterocycles. The summed E-state index contributed by atoms with van der Waals surface area (Å²) in [4.78, 5) is 42.7. The minimum atomic E-state index is -1.15. The normalized spacial score (nSPS) is 27.2. The molecule has 0 spiro atoms. The highest BCUT2D eigenvalue weighted by Gasteiger charge is 2.70. The van der Waals surface area contributed by atoms with Crippen LogP contribution in [0.5, 0.6) is 5.75 Å². The van der Waals surface area contributed by atoms with Crippen LogP contribution in [0.1, 0.15) is 45.3 Å². The zero-order valence-corrected chi connectivity index (χ0v) is 21.6. The average molecular weight is 550 g/mol. The molecule has 2 unspecified atom stereocenters. The van der Waals surface area contributed by atoms with Crippen molar-refractivity contribution in [3.63, 3.8) is 0 Å². The summed E-state index contributed by atoms with van der Waals surface area (Å²) in [7, 11) is 0. The number of carbonyl (C=O) groups is 2. The van der Waals surface area contributed by atoms with Crippen LogP contribution in [0.2, 0.25) is 0 Å². The van der Waals surface area contributed by atoms with E-state index in [2.05, 4.69) is 12.2 Å². The van der Waals surface area contributed by atoms with Crippen molar-refractivity contribution in [1.29, 1.82) is 0 Å². The van der Waals surface area contributed by atoms with Gasteiger partial charge in [0.05, 0.1) is 6.04 Å². The van der Waals surface area contributed by atoms with Crippen LogP contribution in [0.25, 0.3) is 0 Å². The minimum Gasteiger partial charge on any atom is -0.483 e. The molecule has 1 aromatic heterocycles. The van der Waals surface area contributed by atoms with Crippen LogP contribution in [0.4, 0.5) is 13.2 Å². The lowest BCUT2D eigenvalue weighted by Crippen LogP contribution is -2.53. The molecule has 40 heavy (non-hydrogen) atoms. The van der Waals surface area contributed by atoms with E-state index in [1.54, 1.807) is 4.57 Å². The summed E-state index contributed by atoms with van der Waals surface area (Å²) in [6, 6.07) is 10.3. The predicted octanol–water partition coefficient (Wildman–Crippen LogP) is 3.88. The lowest BCUT2D eigenvalue weighted by atomic mass is 9.93. The fourth-order valence-electron chi connectivity index (χ4n) is 7.45. The first-order valence-electron chi connectivity index (χ1n) is 13.4. The summed E-state index contributed by atoms with van der Waals surface area (Å²) in [5.41, 5.74) is -0.741. The molecule has 7 nitrogen and oxygen atoms in total. The van der Waals surface area contributed by atoms with Gasteiger partial charge >= 0.3 is 0 Å². The molecule has 0 radical (unpaired) electrons. The van der Waals surface area contributed by atoms with E-state index >= 15 is 0 Å². The number of pyridine rings is 1. The molecule has 2 amide bonds. The Morgan fingerprint density at radius 1 is 1.05 bits per heavy atom. The van der Waals surface area contributed by atoms with Crippen molar-refractivity contribution in [3.05, 3.63) is 98.7 Å². The highest BCUT2D eigenvalue weighted by atomic mass is 19.1. The average Bonchev–Trinajstić information content (AvgIpc) is 3.26. The van der Waals surface area contributed by atoms with Gasteiger partial charge in [0.25, 0.3) is 11.8 Å². The van der Waals surface area contributed by atoms with E-state index < -0.39 is 40.9 Å². The first-order valence-corrected chi connectivity index (χ1v) is 13.4. The van der Waals surface area contributed by atoms with Gasteiger partial charge in [-0.15, -0.1) is 0 Å². The summed E-state index contributed by atoms with van der Waals surface area (Å²) in [5.74, 6) is -2.73. The molecule has 1 N–H and O–H groups in total. The number of rotatable bonds is 6. The second-order valence-corrected chi connectivity index (χ2v) is 11.3. The molecule has 3 aromatic rings. The van der Waals surface area contributed by atoms with Gasteiger partial charge in [-0.2, -0.15) is 0 Å². The van der Waals surface area contributed by atoms with Crippen molar-refractivity contribution in [2.75, 3.05) is 0 Å². The Morgan fingerprint density at radius 2 is 1.77 bits per heavy atom. The third kappa shape index (κ3) is 3.68. The predicted molar refractivity (Wildman–Crippen MR) is 137 cm³/mol. The highest BCUT2D eigenvalue weighted by molar-refractivity contribution is 5.99. The number of hydrogen-bond donors (Lipinski definition) is 1. The summed E-state index contributed by atoms with van der Waals surface area (Å²) >= 11 is 0. The molecular weight excluding hydrogens is 523 g/mol. The van der Waals surface area contributed by atoms with Crippen molar-refractivity contribution in [1.82, 2.24) is 14.8 Å².